The molecule has 2 unspecified atom stereocenters. The molecule has 80 valence electrons. The van der Waals surface area contributed by atoms with Crippen LogP contribution in [-0.2, 0) is 0 Å². The van der Waals surface area contributed by atoms with E-state index >= 15 is 0 Å². The first-order valence-electron chi connectivity index (χ1n) is 5.56. The van der Waals surface area contributed by atoms with Gasteiger partial charge < -0.3 is 5.11 Å². The largest absolute Gasteiger partial charge is 0.392 e. The van der Waals surface area contributed by atoms with Crippen molar-refractivity contribution < 1.29 is 9.90 Å². The third kappa shape index (κ3) is 2.26. The fourth-order valence-corrected chi connectivity index (χ4v) is 2.23. The number of aliphatic hydroxyl groups excluding tert-OH is 1. The van der Waals surface area contributed by atoms with E-state index in [1.807, 2.05) is 30.3 Å². The third-order valence-corrected chi connectivity index (χ3v) is 3.12. The lowest BCUT2D eigenvalue weighted by Gasteiger charge is -2.26. The maximum absolute atomic E-state index is 12.1. The average molecular weight is 204 g/mol. The van der Waals surface area contributed by atoms with E-state index < -0.39 is 6.10 Å². The molecule has 2 atom stereocenters. The van der Waals surface area contributed by atoms with E-state index in [2.05, 4.69) is 0 Å². The molecule has 0 spiro atoms. The highest BCUT2D eigenvalue weighted by atomic mass is 16.3. The molecule has 1 N–H and O–H groups in total. The van der Waals surface area contributed by atoms with Gasteiger partial charge in [0, 0.05) is 11.5 Å². The third-order valence-electron chi connectivity index (χ3n) is 3.12. The SMILES string of the molecule is O=C(c1ccccc1)C1CCCCC1O. The molecule has 1 aromatic rings. The van der Waals surface area contributed by atoms with E-state index in [1.165, 1.54) is 0 Å². The highest BCUT2D eigenvalue weighted by molar-refractivity contribution is 5.98. The quantitative estimate of drug-likeness (QED) is 0.751. The van der Waals surface area contributed by atoms with Gasteiger partial charge in [-0.3, -0.25) is 4.79 Å². The monoisotopic (exact) mass is 204 g/mol. The lowest BCUT2D eigenvalue weighted by atomic mass is 9.81. The molecule has 1 aliphatic rings. The number of rotatable bonds is 2. The second-order valence-electron chi connectivity index (χ2n) is 4.19. The summed E-state index contributed by atoms with van der Waals surface area (Å²) < 4.78 is 0. The second-order valence-corrected chi connectivity index (χ2v) is 4.19. The van der Waals surface area contributed by atoms with Crippen LogP contribution >= 0.6 is 0 Å². The molecular weight excluding hydrogens is 188 g/mol. The van der Waals surface area contributed by atoms with Crippen molar-refractivity contribution in [1.82, 2.24) is 0 Å². The van der Waals surface area contributed by atoms with Gasteiger partial charge in [-0.25, -0.2) is 0 Å². The molecule has 0 aromatic heterocycles. The van der Waals surface area contributed by atoms with Crippen LogP contribution in [0.1, 0.15) is 36.0 Å². The lowest BCUT2D eigenvalue weighted by Crippen LogP contribution is -2.31. The Hall–Kier alpha value is -1.15. The molecule has 1 aromatic carbocycles. The van der Waals surface area contributed by atoms with Crippen LogP contribution in [0.25, 0.3) is 0 Å². The summed E-state index contributed by atoms with van der Waals surface area (Å²) in [7, 11) is 0. The highest BCUT2D eigenvalue weighted by Gasteiger charge is 2.29. The molecule has 0 heterocycles. The molecule has 1 saturated carbocycles. The van der Waals surface area contributed by atoms with E-state index in [9.17, 15) is 9.90 Å². The number of ketones is 1. The molecule has 1 aliphatic carbocycles. The second kappa shape index (κ2) is 4.58. The smallest absolute Gasteiger partial charge is 0.168 e. The van der Waals surface area contributed by atoms with E-state index in [0.717, 1.165) is 31.2 Å². The zero-order chi connectivity index (χ0) is 10.7. The molecule has 0 saturated heterocycles. The van der Waals surface area contributed by atoms with Gasteiger partial charge in [0.15, 0.2) is 5.78 Å². The Balaban J connectivity index is 2.13. The Morgan fingerprint density at radius 1 is 1.13 bits per heavy atom. The molecule has 2 rings (SSSR count). The molecule has 1 fully saturated rings. The molecule has 2 nitrogen and oxygen atoms in total. The van der Waals surface area contributed by atoms with E-state index in [4.69, 9.17) is 0 Å². The van der Waals surface area contributed by atoms with Crippen LogP contribution in [0.5, 0.6) is 0 Å². The molecule has 2 heteroatoms. The Bertz CT molecular complexity index is 332. The van der Waals surface area contributed by atoms with Crippen molar-refractivity contribution in [3.63, 3.8) is 0 Å². The number of hydrogen-bond acceptors (Lipinski definition) is 2. The van der Waals surface area contributed by atoms with Gasteiger partial charge in [-0.05, 0) is 12.8 Å². The molecular formula is C13H16O2. The predicted molar refractivity (Wildman–Crippen MR) is 58.7 cm³/mol. The highest BCUT2D eigenvalue weighted by Crippen LogP contribution is 2.27. The van der Waals surface area contributed by atoms with Crippen molar-refractivity contribution in [3.8, 4) is 0 Å². The first-order valence-corrected chi connectivity index (χ1v) is 5.56. The Labute approximate surface area is 89.9 Å². The summed E-state index contributed by atoms with van der Waals surface area (Å²) in [6.07, 6.45) is 3.25. The number of carbonyl (C=O) groups excluding carboxylic acids is 1. The number of carbonyl (C=O) groups is 1. The topological polar surface area (TPSA) is 37.3 Å². The van der Waals surface area contributed by atoms with Gasteiger partial charge >= 0.3 is 0 Å². The van der Waals surface area contributed by atoms with Crippen LogP contribution in [0.4, 0.5) is 0 Å². The van der Waals surface area contributed by atoms with Gasteiger partial charge in [-0.1, -0.05) is 43.2 Å². The summed E-state index contributed by atoms with van der Waals surface area (Å²) in [4.78, 5) is 12.1. The van der Waals surface area contributed by atoms with E-state index in [0.29, 0.717) is 0 Å². The number of Topliss-reactive ketones (excluding diaryl/α,β-unsaturated/α-hetero) is 1. The fraction of sp³-hybridized carbons (Fsp3) is 0.462. The lowest BCUT2D eigenvalue weighted by molar-refractivity contribution is 0.0525. The number of benzene rings is 1. The van der Waals surface area contributed by atoms with Crippen LogP contribution in [0, 0.1) is 5.92 Å². The molecule has 15 heavy (non-hydrogen) atoms. The van der Waals surface area contributed by atoms with Crippen LogP contribution < -0.4 is 0 Å². The summed E-state index contributed by atoms with van der Waals surface area (Å²) >= 11 is 0. The molecule has 0 bridgehead atoms. The van der Waals surface area contributed by atoms with Crippen LogP contribution in [0.15, 0.2) is 30.3 Å². The summed E-state index contributed by atoms with van der Waals surface area (Å²) in [5.74, 6) is -0.0797. The standard InChI is InChI=1S/C13H16O2/c14-12-9-5-4-8-11(12)13(15)10-6-2-1-3-7-10/h1-3,6-7,11-12,14H,4-5,8-9H2. The Morgan fingerprint density at radius 2 is 1.80 bits per heavy atom. The van der Waals surface area contributed by atoms with Crippen LogP contribution in [0.3, 0.4) is 0 Å². The zero-order valence-corrected chi connectivity index (χ0v) is 8.73. The van der Waals surface area contributed by atoms with Crippen LogP contribution in [-0.4, -0.2) is 17.0 Å². The summed E-state index contributed by atoms with van der Waals surface area (Å²) in [5.41, 5.74) is 0.725. The zero-order valence-electron chi connectivity index (χ0n) is 8.73. The van der Waals surface area contributed by atoms with Gasteiger partial charge in [-0.15, -0.1) is 0 Å². The van der Waals surface area contributed by atoms with Crippen molar-refractivity contribution >= 4 is 5.78 Å². The van der Waals surface area contributed by atoms with Gasteiger partial charge in [0.1, 0.15) is 0 Å². The van der Waals surface area contributed by atoms with Crippen molar-refractivity contribution in [3.05, 3.63) is 35.9 Å². The van der Waals surface area contributed by atoms with Gasteiger partial charge in [0.25, 0.3) is 0 Å². The van der Waals surface area contributed by atoms with E-state index in [-0.39, 0.29) is 11.7 Å². The minimum absolute atomic E-state index is 0.0998. The van der Waals surface area contributed by atoms with Gasteiger partial charge in [0.05, 0.1) is 6.10 Å². The van der Waals surface area contributed by atoms with E-state index in [1.54, 1.807) is 0 Å². The molecule has 0 radical (unpaired) electrons. The van der Waals surface area contributed by atoms with Crippen LogP contribution in [0.2, 0.25) is 0 Å². The first-order chi connectivity index (χ1) is 7.29. The van der Waals surface area contributed by atoms with Gasteiger partial charge in [0.2, 0.25) is 0 Å². The first kappa shape index (κ1) is 10.4. The Morgan fingerprint density at radius 3 is 2.47 bits per heavy atom. The normalized spacial score (nSPS) is 26.2. The fourth-order valence-electron chi connectivity index (χ4n) is 2.23. The predicted octanol–water partition coefficient (Wildman–Crippen LogP) is 2.42. The maximum atomic E-state index is 12.1. The minimum atomic E-state index is -0.438. The van der Waals surface area contributed by atoms with Crippen molar-refractivity contribution in [2.45, 2.75) is 31.8 Å². The molecule has 0 aliphatic heterocycles. The van der Waals surface area contributed by atoms with Crippen molar-refractivity contribution in [1.29, 1.82) is 0 Å². The Kier molecular flexibility index (Phi) is 3.17. The summed E-state index contributed by atoms with van der Waals surface area (Å²) in [6.45, 7) is 0. The number of aliphatic hydroxyl groups is 1. The number of hydrogen-bond donors (Lipinski definition) is 1. The summed E-state index contributed by atoms with van der Waals surface area (Å²) in [6, 6.07) is 9.27. The average Bonchev–Trinajstić information content (AvgIpc) is 2.30. The summed E-state index contributed by atoms with van der Waals surface area (Å²) in [5, 5.41) is 9.78. The van der Waals surface area contributed by atoms with Gasteiger partial charge in [-0.2, -0.15) is 0 Å². The molecule has 0 amide bonds. The van der Waals surface area contributed by atoms with Crippen molar-refractivity contribution in [2.24, 2.45) is 5.92 Å². The van der Waals surface area contributed by atoms with Crippen molar-refractivity contribution in [2.75, 3.05) is 0 Å². The minimum Gasteiger partial charge on any atom is -0.392 e. The maximum Gasteiger partial charge on any atom is 0.168 e.